The lowest BCUT2D eigenvalue weighted by atomic mass is 9.91. The molecule has 0 saturated carbocycles. The first-order chi connectivity index (χ1) is 11.8. The van der Waals surface area contributed by atoms with Crippen molar-refractivity contribution in [2.45, 2.75) is 84.0 Å². The van der Waals surface area contributed by atoms with Crippen LogP contribution in [0.3, 0.4) is 0 Å². The van der Waals surface area contributed by atoms with Gasteiger partial charge in [0.05, 0.1) is 0 Å². The molecule has 3 saturated heterocycles. The lowest BCUT2D eigenvalue weighted by Gasteiger charge is -2.51. The van der Waals surface area contributed by atoms with E-state index in [2.05, 4.69) is 54.6 Å². The Morgan fingerprint density at radius 2 is 1.44 bits per heavy atom. The second-order valence-corrected chi connectivity index (χ2v) is 9.96. The van der Waals surface area contributed by atoms with E-state index in [-0.39, 0.29) is 5.54 Å². The topological polar surface area (TPSA) is 21.8 Å². The average Bonchev–Trinajstić information content (AvgIpc) is 2.54. The molecule has 0 aliphatic carbocycles. The summed E-state index contributed by atoms with van der Waals surface area (Å²) in [5.74, 6) is 0.915. The average molecular weight is 351 g/mol. The third-order valence-electron chi connectivity index (χ3n) is 6.76. The van der Waals surface area contributed by atoms with E-state index in [1.54, 1.807) is 0 Å². The van der Waals surface area contributed by atoms with Crippen LogP contribution in [0, 0.1) is 5.92 Å². The Hall–Kier alpha value is -0.160. The van der Waals surface area contributed by atoms with Gasteiger partial charge >= 0.3 is 0 Å². The molecule has 0 aromatic rings. The number of nitrogens with zero attached hydrogens (tertiary/aromatic N) is 3. The summed E-state index contributed by atoms with van der Waals surface area (Å²) in [5.41, 5.74) is 0.283. The Bertz CT molecular complexity index is 393. The van der Waals surface area contributed by atoms with Crippen LogP contribution in [0.1, 0.15) is 60.3 Å². The molecule has 25 heavy (non-hydrogen) atoms. The van der Waals surface area contributed by atoms with Gasteiger partial charge in [0.2, 0.25) is 0 Å². The second kappa shape index (κ2) is 8.24. The predicted octanol–water partition coefficient (Wildman–Crippen LogP) is 2.64. The maximum atomic E-state index is 3.50. The lowest BCUT2D eigenvalue weighted by molar-refractivity contribution is -0.0299. The molecule has 3 aliphatic heterocycles. The summed E-state index contributed by atoms with van der Waals surface area (Å²) in [6.45, 7) is 20.9. The molecular formula is C21H42N4. The van der Waals surface area contributed by atoms with Gasteiger partial charge in [-0.3, -0.25) is 9.80 Å². The van der Waals surface area contributed by atoms with E-state index in [1.807, 2.05) is 0 Å². The number of rotatable bonds is 3. The Kier molecular flexibility index (Phi) is 6.46. The van der Waals surface area contributed by atoms with Gasteiger partial charge in [-0.25, -0.2) is 0 Å². The van der Waals surface area contributed by atoms with Gasteiger partial charge < -0.3 is 10.2 Å². The Labute approximate surface area is 156 Å². The van der Waals surface area contributed by atoms with E-state index in [1.165, 1.54) is 71.5 Å². The highest BCUT2D eigenvalue weighted by atomic mass is 15.3. The van der Waals surface area contributed by atoms with Crippen molar-refractivity contribution in [2.24, 2.45) is 5.92 Å². The normalized spacial score (nSPS) is 33.0. The maximum absolute atomic E-state index is 3.50. The van der Waals surface area contributed by atoms with Crippen LogP contribution in [0.4, 0.5) is 0 Å². The molecule has 3 fully saturated rings. The highest BCUT2D eigenvalue weighted by Gasteiger charge is 2.37. The molecule has 3 heterocycles. The zero-order chi connectivity index (χ0) is 18.0. The van der Waals surface area contributed by atoms with Crippen LogP contribution in [-0.4, -0.2) is 84.2 Å². The Balaban J connectivity index is 1.45. The summed E-state index contributed by atoms with van der Waals surface area (Å²) in [6, 6.07) is 2.19. The van der Waals surface area contributed by atoms with Crippen LogP contribution in [0.15, 0.2) is 0 Å². The molecule has 0 bridgehead atoms. The number of hydrogen-bond donors (Lipinski definition) is 1. The standard InChI is InChI=1S/C21H42N4/c1-17-14-23(15-18(2)25(17)21(3,4)5)16-19-8-12-24(13-9-19)20-6-10-22-11-7-20/h17-20,22H,6-16H2,1-5H3. The molecular weight excluding hydrogens is 308 g/mol. The third kappa shape index (κ3) is 4.97. The van der Waals surface area contributed by atoms with E-state index in [9.17, 15) is 0 Å². The molecule has 4 nitrogen and oxygen atoms in total. The minimum absolute atomic E-state index is 0.283. The van der Waals surface area contributed by atoms with Gasteiger partial charge in [0.15, 0.2) is 0 Å². The molecule has 0 aromatic carbocycles. The molecule has 4 heteroatoms. The number of hydrogen-bond acceptors (Lipinski definition) is 4. The molecule has 146 valence electrons. The monoisotopic (exact) mass is 350 g/mol. The van der Waals surface area contributed by atoms with Crippen molar-refractivity contribution >= 4 is 0 Å². The van der Waals surface area contributed by atoms with E-state index >= 15 is 0 Å². The van der Waals surface area contributed by atoms with Crippen molar-refractivity contribution in [3.63, 3.8) is 0 Å². The maximum Gasteiger partial charge on any atom is 0.0203 e. The zero-order valence-corrected chi connectivity index (χ0v) is 17.4. The summed E-state index contributed by atoms with van der Waals surface area (Å²) < 4.78 is 0. The van der Waals surface area contributed by atoms with Gasteiger partial charge in [-0.15, -0.1) is 0 Å². The van der Waals surface area contributed by atoms with E-state index in [0.717, 1.165) is 12.0 Å². The summed E-state index contributed by atoms with van der Waals surface area (Å²) >= 11 is 0. The number of nitrogens with one attached hydrogen (secondary N) is 1. The van der Waals surface area contributed by atoms with Crippen molar-refractivity contribution in [1.82, 2.24) is 20.0 Å². The quantitative estimate of drug-likeness (QED) is 0.845. The van der Waals surface area contributed by atoms with Gasteiger partial charge in [0.1, 0.15) is 0 Å². The molecule has 0 spiro atoms. The fourth-order valence-electron chi connectivity index (χ4n) is 5.94. The minimum Gasteiger partial charge on any atom is -0.317 e. The third-order valence-corrected chi connectivity index (χ3v) is 6.76. The van der Waals surface area contributed by atoms with Crippen LogP contribution in [0.5, 0.6) is 0 Å². The van der Waals surface area contributed by atoms with Crippen LogP contribution in [-0.2, 0) is 0 Å². The van der Waals surface area contributed by atoms with Gasteiger partial charge in [0.25, 0.3) is 0 Å². The van der Waals surface area contributed by atoms with E-state index in [0.29, 0.717) is 12.1 Å². The van der Waals surface area contributed by atoms with E-state index < -0.39 is 0 Å². The molecule has 2 atom stereocenters. The first-order valence-electron chi connectivity index (χ1n) is 10.8. The predicted molar refractivity (Wildman–Crippen MR) is 107 cm³/mol. The van der Waals surface area contributed by atoms with Crippen LogP contribution < -0.4 is 5.32 Å². The van der Waals surface area contributed by atoms with Gasteiger partial charge in [0, 0.05) is 43.3 Å². The molecule has 0 aromatic heterocycles. The van der Waals surface area contributed by atoms with Gasteiger partial charge in [-0.05, 0) is 92.4 Å². The fraction of sp³-hybridized carbons (Fsp3) is 1.00. The first kappa shape index (κ1) is 19.6. The molecule has 0 radical (unpaired) electrons. The van der Waals surface area contributed by atoms with Gasteiger partial charge in [-0.1, -0.05) is 0 Å². The first-order valence-corrected chi connectivity index (χ1v) is 10.8. The summed E-state index contributed by atoms with van der Waals surface area (Å²) in [6.07, 6.45) is 5.53. The summed E-state index contributed by atoms with van der Waals surface area (Å²) in [5, 5.41) is 3.50. The van der Waals surface area contributed by atoms with Crippen LogP contribution in [0.25, 0.3) is 0 Å². The van der Waals surface area contributed by atoms with Crippen molar-refractivity contribution in [3.05, 3.63) is 0 Å². The van der Waals surface area contributed by atoms with Crippen LogP contribution >= 0.6 is 0 Å². The molecule has 0 amide bonds. The van der Waals surface area contributed by atoms with Crippen molar-refractivity contribution < 1.29 is 0 Å². The van der Waals surface area contributed by atoms with Crippen molar-refractivity contribution in [3.8, 4) is 0 Å². The second-order valence-electron chi connectivity index (χ2n) is 9.96. The molecule has 1 N–H and O–H groups in total. The largest absolute Gasteiger partial charge is 0.317 e. The minimum atomic E-state index is 0.283. The van der Waals surface area contributed by atoms with Crippen LogP contribution in [0.2, 0.25) is 0 Å². The molecule has 3 aliphatic rings. The summed E-state index contributed by atoms with van der Waals surface area (Å²) in [7, 11) is 0. The van der Waals surface area contributed by atoms with Crippen molar-refractivity contribution in [2.75, 3.05) is 45.8 Å². The Morgan fingerprint density at radius 3 is 1.96 bits per heavy atom. The van der Waals surface area contributed by atoms with E-state index in [4.69, 9.17) is 0 Å². The molecule has 3 rings (SSSR count). The fourth-order valence-corrected chi connectivity index (χ4v) is 5.94. The number of piperidine rings is 2. The number of piperazine rings is 1. The highest BCUT2D eigenvalue weighted by molar-refractivity contribution is 4.93. The smallest absolute Gasteiger partial charge is 0.0203 e. The zero-order valence-electron chi connectivity index (χ0n) is 17.4. The Morgan fingerprint density at radius 1 is 0.880 bits per heavy atom. The SMILES string of the molecule is CC1CN(CC2CCN(C3CCNCC3)CC2)CC(C)N1C(C)(C)C. The number of likely N-dealkylation sites (tertiary alicyclic amines) is 1. The lowest BCUT2D eigenvalue weighted by Crippen LogP contribution is -2.63. The van der Waals surface area contributed by atoms with Gasteiger partial charge in [-0.2, -0.15) is 0 Å². The highest BCUT2D eigenvalue weighted by Crippen LogP contribution is 2.28. The summed E-state index contributed by atoms with van der Waals surface area (Å²) in [4.78, 5) is 8.28. The molecule has 2 unspecified atom stereocenters. The van der Waals surface area contributed by atoms with Crippen molar-refractivity contribution in [1.29, 1.82) is 0 Å².